The van der Waals surface area contributed by atoms with Gasteiger partial charge in [0.05, 0.1) is 13.1 Å². The first-order valence-electron chi connectivity index (χ1n) is 9.40. The number of alkyl halides is 3. The van der Waals surface area contributed by atoms with Crippen LogP contribution in [0.15, 0.2) is 29.3 Å². The van der Waals surface area contributed by atoms with Gasteiger partial charge in [-0.15, -0.1) is 24.0 Å². The summed E-state index contributed by atoms with van der Waals surface area (Å²) in [7, 11) is 0. The van der Waals surface area contributed by atoms with Crippen LogP contribution in [0.3, 0.4) is 0 Å². The van der Waals surface area contributed by atoms with E-state index >= 15 is 0 Å². The largest absolute Gasteiger partial charge is 0.401 e. The molecule has 9 heteroatoms. The molecular formula is C19H27F4IN4. The SMILES string of the molecule is CCNC(=NCC1(c2ccc(F)cc2)CC1)NC1CCN(CC(F)(F)F)C1.I. The molecule has 0 amide bonds. The Balaban J connectivity index is 0.00000280. The van der Waals surface area contributed by atoms with Crippen LogP contribution in [-0.2, 0) is 5.41 Å². The molecule has 3 rings (SSSR count). The van der Waals surface area contributed by atoms with Crippen molar-refractivity contribution < 1.29 is 17.6 Å². The lowest BCUT2D eigenvalue weighted by Gasteiger charge is -2.20. The second kappa shape index (κ2) is 9.60. The van der Waals surface area contributed by atoms with Crippen LogP contribution in [-0.4, -0.2) is 55.8 Å². The summed E-state index contributed by atoms with van der Waals surface area (Å²) in [5.74, 6) is 0.377. The third-order valence-corrected chi connectivity index (χ3v) is 5.21. The van der Waals surface area contributed by atoms with Crippen LogP contribution >= 0.6 is 24.0 Å². The van der Waals surface area contributed by atoms with E-state index in [9.17, 15) is 17.6 Å². The molecule has 2 fully saturated rings. The highest BCUT2D eigenvalue weighted by Gasteiger charge is 2.44. The van der Waals surface area contributed by atoms with Gasteiger partial charge in [-0.2, -0.15) is 13.2 Å². The van der Waals surface area contributed by atoms with Gasteiger partial charge in [-0.05, 0) is 43.9 Å². The molecule has 158 valence electrons. The van der Waals surface area contributed by atoms with E-state index in [0.717, 1.165) is 18.4 Å². The minimum atomic E-state index is -4.17. The quantitative estimate of drug-likeness (QED) is 0.264. The normalized spacial score (nSPS) is 21.9. The van der Waals surface area contributed by atoms with E-state index in [2.05, 4.69) is 15.6 Å². The number of aliphatic imine (C=N–C) groups is 1. The average molecular weight is 514 g/mol. The standard InChI is InChI=1S/C19H26F4N4.HI/c1-2-24-17(26-16-7-10-27(11-16)13-19(21,22)23)25-12-18(8-9-18)14-3-5-15(20)6-4-14;/h3-6,16H,2,7-13H2,1H3,(H2,24,25,26);1H. The van der Waals surface area contributed by atoms with Crippen molar-refractivity contribution in [1.82, 2.24) is 15.5 Å². The molecule has 1 saturated heterocycles. The molecule has 1 atom stereocenters. The smallest absolute Gasteiger partial charge is 0.357 e. The van der Waals surface area contributed by atoms with Gasteiger partial charge >= 0.3 is 6.18 Å². The zero-order valence-electron chi connectivity index (χ0n) is 15.9. The van der Waals surface area contributed by atoms with Crippen LogP contribution in [0.25, 0.3) is 0 Å². The zero-order valence-corrected chi connectivity index (χ0v) is 18.2. The molecule has 1 aliphatic carbocycles. The Morgan fingerprint density at radius 2 is 1.93 bits per heavy atom. The lowest BCUT2D eigenvalue weighted by Crippen LogP contribution is -2.45. The van der Waals surface area contributed by atoms with Gasteiger partial charge in [0.25, 0.3) is 0 Å². The monoisotopic (exact) mass is 514 g/mol. The highest BCUT2D eigenvalue weighted by Crippen LogP contribution is 2.48. The minimum absolute atomic E-state index is 0. The highest BCUT2D eigenvalue weighted by atomic mass is 127. The van der Waals surface area contributed by atoms with Gasteiger partial charge in [0.1, 0.15) is 5.82 Å². The van der Waals surface area contributed by atoms with E-state index < -0.39 is 12.7 Å². The summed E-state index contributed by atoms with van der Waals surface area (Å²) in [5, 5.41) is 6.44. The Hall–Kier alpha value is -1.10. The molecular weight excluding hydrogens is 487 g/mol. The lowest BCUT2D eigenvalue weighted by atomic mass is 9.96. The Morgan fingerprint density at radius 1 is 1.25 bits per heavy atom. The minimum Gasteiger partial charge on any atom is -0.357 e. The lowest BCUT2D eigenvalue weighted by molar-refractivity contribution is -0.143. The van der Waals surface area contributed by atoms with Gasteiger partial charge in [-0.25, -0.2) is 4.39 Å². The summed E-state index contributed by atoms with van der Waals surface area (Å²) in [5.41, 5.74) is 1.04. The molecule has 0 aromatic heterocycles. The first kappa shape index (κ1) is 23.2. The Kier molecular flexibility index (Phi) is 7.95. The van der Waals surface area contributed by atoms with E-state index in [-0.39, 0.29) is 41.3 Å². The van der Waals surface area contributed by atoms with Gasteiger partial charge < -0.3 is 10.6 Å². The number of guanidine groups is 1. The summed E-state index contributed by atoms with van der Waals surface area (Å²) in [6.07, 6.45) is -1.50. The van der Waals surface area contributed by atoms with Crippen molar-refractivity contribution in [1.29, 1.82) is 0 Å². The van der Waals surface area contributed by atoms with E-state index in [0.29, 0.717) is 38.6 Å². The van der Waals surface area contributed by atoms with Crippen LogP contribution < -0.4 is 10.6 Å². The summed E-state index contributed by atoms with van der Waals surface area (Å²) >= 11 is 0. The number of halogens is 5. The number of hydrogen-bond donors (Lipinski definition) is 2. The van der Waals surface area contributed by atoms with Crippen LogP contribution in [0.1, 0.15) is 31.7 Å². The Labute approximate surface area is 180 Å². The molecule has 1 saturated carbocycles. The Morgan fingerprint density at radius 3 is 2.50 bits per heavy atom. The van der Waals surface area contributed by atoms with Crippen molar-refractivity contribution in [3.63, 3.8) is 0 Å². The molecule has 1 aromatic rings. The third-order valence-electron chi connectivity index (χ3n) is 5.21. The van der Waals surface area contributed by atoms with Crippen LogP contribution in [0.4, 0.5) is 17.6 Å². The van der Waals surface area contributed by atoms with Crippen molar-refractivity contribution in [3.8, 4) is 0 Å². The van der Waals surface area contributed by atoms with Crippen LogP contribution in [0.2, 0.25) is 0 Å². The summed E-state index contributed by atoms with van der Waals surface area (Å²) in [6, 6.07) is 6.51. The van der Waals surface area contributed by atoms with Crippen molar-refractivity contribution in [3.05, 3.63) is 35.6 Å². The second-order valence-electron chi connectivity index (χ2n) is 7.46. The molecule has 1 aromatic carbocycles. The van der Waals surface area contributed by atoms with E-state index in [1.165, 1.54) is 17.0 Å². The Bertz CT molecular complexity index is 659. The number of rotatable bonds is 6. The molecule has 0 spiro atoms. The molecule has 1 unspecified atom stereocenters. The van der Waals surface area contributed by atoms with Crippen LogP contribution in [0.5, 0.6) is 0 Å². The van der Waals surface area contributed by atoms with Gasteiger partial charge in [0.2, 0.25) is 0 Å². The van der Waals surface area contributed by atoms with E-state index in [1.54, 1.807) is 0 Å². The predicted octanol–water partition coefficient (Wildman–Crippen LogP) is 3.67. The molecule has 1 heterocycles. The second-order valence-corrected chi connectivity index (χ2v) is 7.46. The first-order chi connectivity index (χ1) is 12.8. The molecule has 2 aliphatic rings. The molecule has 1 aliphatic heterocycles. The highest BCUT2D eigenvalue weighted by molar-refractivity contribution is 14.0. The van der Waals surface area contributed by atoms with Crippen molar-refractivity contribution in [2.24, 2.45) is 4.99 Å². The van der Waals surface area contributed by atoms with Crippen LogP contribution in [0, 0.1) is 5.82 Å². The van der Waals surface area contributed by atoms with Gasteiger partial charge in [0.15, 0.2) is 5.96 Å². The fraction of sp³-hybridized carbons (Fsp3) is 0.632. The fourth-order valence-corrected chi connectivity index (χ4v) is 3.58. The van der Waals surface area contributed by atoms with E-state index in [4.69, 9.17) is 0 Å². The van der Waals surface area contributed by atoms with Gasteiger partial charge in [-0.1, -0.05) is 12.1 Å². The maximum atomic E-state index is 13.1. The van der Waals surface area contributed by atoms with Gasteiger partial charge in [0, 0.05) is 31.1 Å². The summed E-state index contributed by atoms with van der Waals surface area (Å²) in [6.45, 7) is 3.12. The number of likely N-dealkylation sites (tertiary alicyclic amines) is 1. The van der Waals surface area contributed by atoms with E-state index in [1.807, 2.05) is 19.1 Å². The molecule has 0 bridgehead atoms. The molecule has 0 radical (unpaired) electrons. The molecule has 28 heavy (non-hydrogen) atoms. The number of nitrogens with zero attached hydrogens (tertiary/aromatic N) is 2. The third kappa shape index (κ3) is 6.47. The maximum absolute atomic E-state index is 13.1. The molecule has 4 nitrogen and oxygen atoms in total. The van der Waals surface area contributed by atoms with Gasteiger partial charge in [-0.3, -0.25) is 9.89 Å². The van der Waals surface area contributed by atoms with Crippen molar-refractivity contribution in [2.75, 3.05) is 32.7 Å². The van der Waals surface area contributed by atoms with Crippen molar-refractivity contribution >= 4 is 29.9 Å². The van der Waals surface area contributed by atoms with Crippen molar-refractivity contribution in [2.45, 2.75) is 43.8 Å². The maximum Gasteiger partial charge on any atom is 0.401 e. The number of benzene rings is 1. The average Bonchev–Trinajstić information content (AvgIpc) is 3.27. The summed E-state index contributed by atoms with van der Waals surface area (Å²) < 4.78 is 50.8. The molecule has 2 N–H and O–H groups in total. The topological polar surface area (TPSA) is 39.7 Å². The fourth-order valence-electron chi connectivity index (χ4n) is 3.58. The zero-order chi connectivity index (χ0) is 19.5. The number of nitrogens with one attached hydrogen (secondary N) is 2. The first-order valence-corrected chi connectivity index (χ1v) is 9.40. The summed E-state index contributed by atoms with van der Waals surface area (Å²) in [4.78, 5) is 6.09. The predicted molar refractivity (Wildman–Crippen MR) is 113 cm³/mol. The number of hydrogen-bond acceptors (Lipinski definition) is 2.